The Morgan fingerprint density at radius 2 is 2.08 bits per heavy atom. The Hall–Kier alpha value is -0.393. The van der Waals surface area contributed by atoms with Crippen LogP contribution in [0, 0.1) is 0 Å². The Bertz CT molecular complexity index is 227. The SMILES string of the molecule is CC1(C(=O)O)CC([Si](C)(C)C)NN1. The van der Waals surface area contributed by atoms with Crippen LogP contribution in [0.2, 0.25) is 19.6 Å². The largest absolute Gasteiger partial charge is 0.480 e. The Balaban J connectivity index is 2.69. The number of hydrogen-bond acceptors (Lipinski definition) is 3. The van der Waals surface area contributed by atoms with Crippen LogP contribution in [-0.4, -0.2) is 30.4 Å². The molecule has 0 amide bonds. The Kier molecular flexibility index (Phi) is 2.53. The van der Waals surface area contributed by atoms with Crippen molar-refractivity contribution >= 4 is 14.0 Å². The second kappa shape index (κ2) is 3.08. The highest BCUT2D eigenvalue weighted by atomic mass is 28.3. The van der Waals surface area contributed by atoms with Crippen LogP contribution in [0.15, 0.2) is 0 Å². The summed E-state index contributed by atoms with van der Waals surface area (Å²) >= 11 is 0. The van der Waals surface area contributed by atoms with Crippen LogP contribution in [0.1, 0.15) is 13.3 Å². The maximum absolute atomic E-state index is 10.9. The molecular weight excluding hydrogens is 184 g/mol. The molecule has 1 aliphatic heterocycles. The van der Waals surface area contributed by atoms with E-state index in [1.807, 2.05) is 0 Å². The molecule has 1 rings (SSSR count). The highest BCUT2D eigenvalue weighted by molar-refractivity contribution is 6.77. The number of carbonyl (C=O) groups is 1. The van der Waals surface area contributed by atoms with Crippen molar-refractivity contribution in [1.29, 1.82) is 0 Å². The van der Waals surface area contributed by atoms with Gasteiger partial charge in [-0.15, -0.1) is 0 Å². The highest BCUT2D eigenvalue weighted by Crippen LogP contribution is 2.23. The summed E-state index contributed by atoms with van der Waals surface area (Å²) in [4.78, 5) is 10.9. The fraction of sp³-hybridized carbons (Fsp3) is 0.875. The first kappa shape index (κ1) is 10.7. The summed E-state index contributed by atoms with van der Waals surface area (Å²) in [6.07, 6.45) is 0.679. The average molecular weight is 202 g/mol. The molecule has 1 saturated heterocycles. The first-order valence-electron chi connectivity index (χ1n) is 4.52. The van der Waals surface area contributed by atoms with E-state index in [1.54, 1.807) is 6.92 Å². The molecule has 5 heteroatoms. The van der Waals surface area contributed by atoms with Crippen molar-refractivity contribution in [3.05, 3.63) is 0 Å². The van der Waals surface area contributed by atoms with Crippen LogP contribution >= 0.6 is 0 Å². The van der Waals surface area contributed by atoms with E-state index < -0.39 is 19.6 Å². The molecule has 1 fully saturated rings. The molecule has 0 spiro atoms. The van der Waals surface area contributed by atoms with Gasteiger partial charge in [-0.25, -0.2) is 5.43 Å². The fourth-order valence-electron chi connectivity index (χ4n) is 1.42. The lowest BCUT2D eigenvalue weighted by Gasteiger charge is -2.24. The molecule has 1 aliphatic rings. The monoisotopic (exact) mass is 202 g/mol. The van der Waals surface area contributed by atoms with E-state index in [2.05, 4.69) is 30.5 Å². The van der Waals surface area contributed by atoms with Gasteiger partial charge in [0.1, 0.15) is 5.54 Å². The van der Waals surface area contributed by atoms with Crippen LogP contribution < -0.4 is 10.9 Å². The Morgan fingerprint density at radius 3 is 2.31 bits per heavy atom. The normalized spacial score (nSPS) is 34.9. The van der Waals surface area contributed by atoms with Gasteiger partial charge in [0.15, 0.2) is 0 Å². The zero-order chi connectivity index (χ0) is 10.3. The van der Waals surface area contributed by atoms with E-state index in [1.165, 1.54) is 0 Å². The van der Waals surface area contributed by atoms with E-state index in [0.29, 0.717) is 12.1 Å². The van der Waals surface area contributed by atoms with Gasteiger partial charge in [0, 0.05) is 5.67 Å². The summed E-state index contributed by atoms with van der Waals surface area (Å²) in [5.41, 5.74) is 5.53. The van der Waals surface area contributed by atoms with E-state index in [-0.39, 0.29) is 0 Å². The molecule has 0 saturated carbocycles. The second-order valence-corrected chi connectivity index (χ2v) is 10.5. The number of nitrogens with one attached hydrogen (secondary N) is 2. The van der Waals surface area contributed by atoms with Gasteiger partial charge in [-0.3, -0.25) is 10.2 Å². The maximum atomic E-state index is 10.9. The summed E-state index contributed by atoms with van der Waals surface area (Å²) < 4.78 is 0. The second-order valence-electron chi connectivity index (χ2n) is 5.03. The van der Waals surface area contributed by atoms with Crippen LogP contribution in [-0.2, 0) is 4.79 Å². The van der Waals surface area contributed by atoms with Crippen molar-refractivity contribution in [3.63, 3.8) is 0 Å². The van der Waals surface area contributed by atoms with E-state index in [0.717, 1.165) is 0 Å². The summed E-state index contributed by atoms with van der Waals surface area (Å²) in [6, 6.07) is 0. The maximum Gasteiger partial charge on any atom is 0.324 e. The topological polar surface area (TPSA) is 61.4 Å². The van der Waals surface area contributed by atoms with Crippen molar-refractivity contribution < 1.29 is 9.90 Å². The minimum atomic E-state index is -1.30. The first-order chi connectivity index (χ1) is 5.76. The van der Waals surface area contributed by atoms with Gasteiger partial charge in [-0.1, -0.05) is 19.6 Å². The molecule has 4 nitrogen and oxygen atoms in total. The molecular formula is C8H18N2O2Si. The average Bonchev–Trinajstić information content (AvgIpc) is 2.31. The van der Waals surface area contributed by atoms with Gasteiger partial charge in [0.2, 0.25) is 0 Å². The molecule has 0 bridgehead atoms. The Morgan fingerprint density at radius 1 is 1.54 bits per heavy atom. The molecule has 2 unspecified atom stereocenters. The molecule has 1 heterocycles. The third-order valence-electron chi connectivity index (χ3n) is 2.65. The molecule has 0 radical (unpaired) electrons. The van der Waals surface area contributed by atoms with Crippen molar-refractivity contribution in [1.82, 2.24) is 10.9 Å². The van der Waals surface area contributed by atoms with Gasteiger partial charge in [-0.2, -0.15) is 0 Å². The predicted molar refractivity (Wildman–Crippen MR) is 54.1 cm³/mol. The quantitative estimate of drug-likeness (QED) is 0.573. The lowest BCUT2D eigenvalue weighted by molar-refractivity contribution is -0.143. The minimum absolute atomic E-state index is 0.341. The number of carboxylic acid groups (broad SMARTS) is 1. The lowest BCUT2D eigenvalue weighted by atomic mass is 10.0. The predicted octanol–water partition coefficient (Wildman–Crippen LogP) is 0.574. The van der Waals surface area contributed by atoms with Gasteiger partial charge < -0.3 is 5.11 Å². The van der Waals surface area contributed by atoms with E-state index in [9.17, 15) is 4.79 Å². The smallest absolute Gasteiger partial charge is 0.324 e. The van der Waals surface area contributed by atoms with Crippen molar-refractivity contribution in [2.75, 3.05) is 0 Å². The number of hydrazine groups is 1. The third-order valence-corrected chi connectivity index (χ3v) is 5.09. The summed E-state index contributed by atoms with van der Waals surface area (Å²) in [5.74, 6) is -0.777. The fourth-order valence-corrected chi connectivity index (χ4v) is 2.95. The van der Waals surface area contributed by atoms with E-state index in [4.69, 9.17) is 5.11 Å². The number of rotatable bonds is 2. The Labute approximate surface area is 79.7 Å². The molecule has 0 aliphatic carbocycles. The van der Waals surface area contributed by atoms with Crippen molar-refractivity contribution in [2.24, 2.45) is 0 Å². The van der Waals surface area contributed by atoms with Crippen LogP contribution in [0.25, 0.3) is 0 Å². The van der Waals surface area contributed by atoms with Gasteiger partial charge in [-0.05, 0) is 13.3 Å². The summed E-state index contributed by atoms with van der Waals surface area (Å²) in [6.45, 7) is 8.43. The molecule has 2 atom stereocenters. The van der Waals surface area contributed by atoms with Gasteiger partial charge in [0.05, 0.1) is 8.07 Å². The van der Waals surface area contributed by atoms with Crippen LogP contribution in [0.3, 0.4) is 0 Å². The number of hydrogen-bond donors (Lipinski definition) is 3. The zero-order valence-electron chi connectivity index (χ0n) is 8.64. The zero-order valence-corrected chi connectivity index (χ0v) is 9.64. The van der Waals surface area contributed by atoms with Crippen molar-refractivity contribution in [2.45, 2.75) is 44.2 Å². The van der Waals surface area contributed by atoms with Gasteiger partial charge in [0.25, 0.3) is 0 Å². The molecule has 13 heavy (non-hydrogen) atoms. The standard InChI is InChI=1S/C8H18N2O2Si/c1-8(7(11)12)5-6(9-10-8)13(2,3)4/h6,9-10H,5H2,1-4H3,(H,11,12). The van der Waals surface area contributed by atoms with Crippen LogP contribution in [0.4, 0.5) is 0 Å². The molecule has 3 N–H and O–H groups in total. The van der Waals surface area contributed by atoms with Crippen LogP contribution in [0.5, 0.6) is 0 Å². The molecule has 0 aromatic rings. The van der Waals surface area contributed by atoms with Gasteiger partial charge >= 0.3 is 5.97 Å². The molecule has 0 aromatic carbocycles. The third kappa shape index (κ3) is 2.10. The number of carboxylic acids is 1. The number of aliphatic carboxylic acids is 1. The van der Waals surface area contributed by atoms with Crippen molar-refractivity contribution in [3.8, 4) is 0 Å². The lowest BCUT2D eigenvalue weighted by Crippen LogP contribution is -2.49. The highest BCUT2D eigenvalue weighted by Gasteiger charge is 2.45. The molecule has 0 aromatic heterocycles. The summed E-state index contributed by atoms with van der Waals surface area (Å²) in [7, 11) is -1.30. The molecule has 76 valence electrons. The first-order valence-corrected chi connectivity index (χ1v) is 8.09. The minimum Gasteiger partial charge on any atom is -0.480 e. The van der Waals surface area contributed by atoms with E-state index >= 15 is 0 Å². The summed E-state index contributed by atoms with van der Waals surface area (Å²) in [5, 5.41) is 8.97.